The van der Waals surface area contributed by atoms with Gasteiger partial charge in [-0.1, -0.05) is 0 Å². The number of aromatic nitrogens is 2. The number of pyridine rings is 1. The van der Waals surface area contributed by atoms with E-state index in [2.05, 4.69) is 10.3 Å². The van der Waals surface area contributed by atoms with Crippen molar-refractivity contribution in [3.05, 3.63) is 42.7 Å². The monoisotopic (exact) mass is 323 g/mol. The van der Waals surface area contributed by atoms with Gasteiger partial charge in [0.05, 0.1) is 18.0 Å². The van der Waals surface area contributed by atoms with Gasteiger partial charge in [0.15, 0.2) is 17.5 Å². The summed E-state index contributed by atoms with van der Waals surface area (Å²) in [6.07, 6.45) is 3.39. The number of fused-ring (bicyclic) bond motifs is 2. The summed E-state index contributed by atoms with van der Waals surface area (Å²) in [5.41, 5.74) is 3.13. The summed E-state index contributed by atoms with van der Waals surface area (Å²) in [6, 6.07) is 9.49. The Kier molecular flexibility index (Phi) is 3.37. The minimum atomic E-state index is -0.479. The molecule has 0 saturated heterocycles. The minimum Gasteiger partial charge on any atom is -0.490 e. The Morgan fingerprint density at radius 1 is 1.38 bits per heavy atom. The quantitative estimate of drug-likeness (QED) is 0.804. The smallest absolute Gasteiger partial charge is 0.265 e. The van der Waals surface area contributed by atoms with Gasteiger partial charge in [0.25, 0.3) is 5.91 Å². The number of nitrogens with one attached hydrogen (secondary N) is 1. The fourth-order valence-electron chi connectivity index (χ4n) is 2.76. The number of hydrogen-bond acceptors (Lipinski definition) is 4. The molecule has 3 heterocycles. The second-order valence-electron chi connectivity index (χ2n) is 5.62. The second-order valence-corrected chi connectivity index (χ2v) is 5.62. The van der Waals surface area contributed by atoms with Crippen LogP contribution in [0.5, 0.6) is 11.5 Å². The lowest BCUT2D eigenvalue weighted by atomic mass is 10.1. The predicted molar refractivity (Wildman–Crippen MR) is 90.5 cm³/mol. The zero-order valence-corrected chi connectivity index (χ0v) is 13.4. The molecule has 6 nitrogen and oxygen atoms in total. The first-order chi connectivity index (χ1) is 11.7. The molecule has 1 aromatic carbocycles. The first-order valence-electron chi connectivity index (χ1n) is 7.88. The van der Waals surface area contributed by atoms with Gasteiger partial charge in [-0.3, -0.25) is 4.79 Å². The van der Waals surface area contributed by atoms with Gasteiger partial charge in [-0.2, -0.15) is 0 Å². The molecule has 1 aliphatic rings. The van der Waals surface area contributed by atoms with E-state index in [4.69, 9.17) is 9.47 Å². The molecule has 1 amide bonds. The number of ether oxygens (including phenoxy) is 2. The summed E-state index contributed by atoms with van der Waals surface area (Å²) in [7, 11) is 0. The van der Waals surface area contributed by atoms with E-state index in [1.807, 2.05) is 54.0 Å². The molecule has 0 radical (unpaired) electrons. The summed E-state index contributed by atoms with van der Waals surface area (Å²) in [4.78, 5) is 16.5. The van der Waals surface area contributed by atoms with Crippen LogP contribution < -0.4 is 14.8 Å². The van der Waals surface area contributed by atoms with Crippen LogP contribution in [0.15, 0.2) is 42.7 Å². The average molecular weight is 323 g/mol. The zero-order valence-electron chi connectivity index (χ0n) is 13.4. The molecular formula is C18H17N3O3. The van der Waals surface area contributed by atoms with Crippen LogP contribution >= 0.6 is 0 Å². The average Bonchev–Trinajstić information content (AvgIpc) is 3.01. The highest BCUT2D eigenvalue weighted by Gasteiger charge is 2.24. The van der Waals surface area contributed by atoms with Crippen molar-refractivity contribution >= 4 is 17.2 Å². The van der Waals surface area contributed by atoms with Crippen LogP contribution in [0.2, 0.25) is 0 Å². The molecule has 4 rings (SSSR count). The van der Waals surface area contributed by atoms with E-state index < -0.39 is 6.10 Å². The molecule has 1 unspecified atom stereocenters. The van der Waals surface area contributed by atoms with Crippen molar-refractivity contribution in [2.45, 2.75) is 20.0 Å². The molecule has 2 aromatic heterocycles. The lowest BCUT2D eigenvalue weighted by Crippen LogP contribution is -2.34. The number of hydrogen-bond donors (Lipinski definition) is 1. The highest BCUT2D eigenvalue weighted by atomic mass is 16.5. The maximum Gasteiger partial charge on any atom is 0.265 e. The van der Waals surface area contributed by atoms with E-state index in [9.17, 15) is 4.79 Å². The van der Waals surface area contributed by atoms with Gasteiger partial charge in [0, 0.05) is 18.0 Å². The number of carbonyl (C=O) groups is 1. The molecule has 6 heteroatoms. The highest BCUT2D eigenvalue weighted by Crippen LogP contribution is 2.34. The first-order valence-corrected chi connectivity index (χ1v) is 7.88. The summed E-state index contributed by atoms with van der Waals surface area (Å²) in [6.45, 7) is 4.26. The van der Waals surface area contributed by atoms with Crippen molar-refractivity contribution in [1.82, 2.24) is 9.38 Å². The number of amides is 1. The van der Waals surface area contributed by atoms with Gasteiger partial charge in [0.1, 0.15) is 5.75 Å². The maximum atomic E-state index is 11.8. The molecule has 0 aliphatic carbocycles. The Labute approximate surface area is 139 Å². The van der Waals surface area contributed by atoms with Crippen LogP contribution in [0.3, 0.4) is 0 Å². The van der Waals surface area contributed by atoms with E-state index in [0.717, 1.165) is 22.7 Å². The summed E-state index contributed by atoms with van der Waals surface area (Å²) in [5, 5.41) is 2.86. The standard InChI is InChI=1S/C18H17N3O3/c1-3-23-16-5-4-8-21-10-14(19-17(16)21)12-6-7-15-13(9-12)20-18(22)11(2)24-15/h4-11H,3H2,1-2H3,(H,20,22). The van der Waals surface area contributed by atoms with Crippen molar-refractivity contribution < 1.29 is 14.3 Å². The van der Waals surface area contributed by atoms with Crippen LogP contribution in [0.25, 0.3) is 16.9 Å². The third-order valence-corrected chi connectivity index (χ3v) is 3.95. The van der Waals surface area contributed by atoms with E-state index in [1.165, 1.54) is 0 Å². The molecule has 1 N–H and O–H groups in total. The molecule has 0 saturated carbocycles. The second kappa shape index (κ2) is 5.56. The Hall–Kier alpha value is -3.02. The summed E-state index contributed by atoms with van der Waals surface area (Å²) >= 11 is 0. The number of anilines is 1. The largest absolute Gasteiger partial charge is 0.490 e. The third-order valence-electron chi connectivity index (χ3n) is 3.95. The Balaban J connectivity index is 1.77. The van der Waals surface area contributed by atoms with Crippen LogP contribution in [0.4, 0.5) is 5.69 Å². The predicted octanol–water partition coefficient (Wildman–Crippen LogP) is 3.12. The maximum absolute atomic E-state index is 11.8. The van der Waals surface area contributed by atoms with Crippen molar-refractivity contribution in [2.24, 2.45) is 0 Å². The number of benzene rings is 1. The SMILES string of the molecule is CCOc1cccn2cc(-c3ccc4c(c3)NC(=O)C(C)O4)nc12. The Bertz CT molecular complexity index is 932. The fourth-order valence-corrected chi connectivity index (χ4v) is 2.76. The molecule has 0 fully saturated rings. The van der Waals surface area contributed by atoms with Gasteiger partial charge in [0.2, 0.25) is 0 Å². The molecule has 3 aromatic rings. The van der Waals surface area contributed by atoms with Gasteiger partial charge < -0.3 is 19.2 Å². The molecule has 0 spiro atoms. The minimum absolute atomic E-state index is 0.145. The molecule has 1 aliphatic heterocycles. The van der Waals surface area contributed by atoms with Crippen molar-refractivity contribution in [2.75, 3.05) is 11.9 Å². The number of rotatable bonds is 3. The zero-order chi connectivity index (χ0) is 16.7. The lowest BCUT2D eigenvalue weighted by Gasteiger charge is -2.23. The van der Waals surface area contributed by atoms with Gasteiger partial charge >= 0.3 is 0 Å². The van der Waals surface area contributed by atoms with Crippen LogP contribution in [-0.4, -0.2) is 28.0 Å². The number of carbonyl (C=O) groups excluding carboxylic acids is 1. The van der Waals surface area contributed by atoms with Gasteiger partial charge in [-0.15, -0.1) is 0 Å². The van der Waals surface area contributed by atoms with E-state index in [0.29, 0.717) is 18.0 Å². The van der Waals surface area contributed by atoms with Gasteiger partial charge in [-0.25, -0.2) is 4.98 Å². The topological polar surface area (TPSA) is 64.9 Å². The normalized spacial score (nSPS) is 16.4. The van der Waals surface area contributed by atoms with Crippen LogP contribution in [0, 0.1) is 0 Å². The molecular weight excluding hydrogens is 306 g/mol. The molecule has 1 atom stereocenters. The number of imidazole rings is 1. The van der Waals surface area contributed by atoms with Crippen LogP contribution in [0.1, 0.15) is 13.8 Å². The van der Waals surface area contributed by atoms with Crippen molar-refractivity contribution in [3.8, 4) is 22.8 Å². The lowest BCUT2D eigenvalue weighted by molar-refractivity contribution is -0.122. The highest BCUT2D eigenvalue weighted by molar-refractivity contribution is 5.98. The fraction of sp³-hybridized carbons (Fsp3) is 0.222. The van der Waals surface area contributed by atoms with Crippen molar-refractivity contribution in [1.29, 1.82) is 0 Å². The van der Waals surface area contributed by atoms with Crippen molar-refractivity contribution in [3.63, 3.8) is 0 Å². The Morgan fingerprint density at radius 2 is 2.25 bits per heavy atom. The first kappa shape index (κ1) is 14.6. The van der Waals surface area contributed by atoms with E-state index >= 15 is 0 Å². The van der Waals surface area contributed by atoms with E-state index in [1.54, 1.807) is 6.92 Å². The molecule has 122 valence electrons. The summed E-state index contributed by atoms with van der Waals surface area (Å²) in [5.74, 6) is 1.27. The van der Waals surface area contributed by atoms with Crippen LogP contribution in [-0.2, 0) is 4.79 Å². The summed E-state index contributed by atoms with van der Waals surface area (Å²) < 4.78 is 13.1. The van der Waals surface area contributed by atoms with Gasteiger partial charge in [-0.05, 0) is 44.2 Å². The Morgan fingerprint density at radius 3 is 3.08 bits per heavy atom. The third kappa shape index (κ3) is 2.36. The van der Waals surface area contributed by atoms with E-state index in [-0.39, 0.29) is 5.91 Å². The number of nitrogens with zero attached hydrogens (tertiary/aromatic N) is 2. The molecule has 24 heavy (non-hydrogen) atoms. The molecule has 0 bridgehead atoms.